The van der Waals surface area contributed by atoms with Crippen LogP contribution in [0.5, 0.6) is 0 Å². The SMILES string of the molecule is CC(=CO)c1cc(C(C)C)n([B-](n2nc(C(C)C)cc2C(C)C)n2nc(C(C)C)cc2C(C)C)n1. The molecule has 191 valence electrons. The maximum atomic E-state index is 9.72. The summed E-state index contributed by atoms with van der Waals surface area (Å²) >= 11 is 0. The quantitative estimate of drug-likeness (QED) is 0.273. The zero-order valence-corrected chi connectivity index (χ0v) is 23.4. The number of nitrogens with zero attached hydrogens (tertiary/aromatic N) is 6. The highest BCUT2D eigenvalue weighted by atomic mass is 16.2. The standard InChI is InChI=1S/C27H43BN6O/c1-16(2)22-12-25(18(5)6)32(29-22)28(33-26(19(7)8)13-23(30-33)17(3)4)34-27(20(9)10)14-24(31-34)21(11)15-35/h12-20,35H,1-11H3/q-1. The van der Waals surface area contributed by atoms with E-state index in [-0.39, 0.29) is 17.8 Å². The molecular weight excluding hydrogens is 435 g/mol. The lowest BCUT2D eigenvalue weighted by Gasteiger charge is -2.36. The Bertz CT molecular complexity index is 1120. The number of hydrogen-bond acceptors (Lipinski definition) is 4. The van der Waals surface area contributed by atoms with Crippen molar-refractivity contribution in [1.82, 2.24) is 29.1 Å². The Balaban J connectivity index is 2.43. The Kier molecular flexibility index (Phi) is 8.02. The van der Waals surface area contributed by atoms with Gasteiger partial charge in [-0.15, -0.1) is 0 Å². The third kappa shape index (κ3) is 5.26. The Morgan fingerprint density at radius 2 is 1.03 bits per heavy atom. The third-order valence-corrected chi connectivity index (χ3v) is 6.54. The fourth-order valence-electron chi connectivity index (χ4n) is 4.25. The topological polar surface area (TPSA) is 73.7 Å². The van der Waals surface area contributed by atoms with Gasteiger partial charge in [0.1, 0.15) is 0 Å². The molecule has 0 aromatic carbocycles. The van der Waals surface area contributed by atoms with E-state index in [1.54, 1.807) is 0 Å². The fourth-order valence-corrected chi connectivity index (χ4v) is 4.25. The molecule has 0 aliphatic carbocycles. The van der Waals surface area contributed by atoms with Crippen molar-refractivity contribution in [3.63, 3.8) is 0 Å². The normalized spacial score (nSPS) is 13.1. The van der Waals surface area contributed by atoms with E-state index in [0.717, 1.165) is 46.0 Å². The van der Waals surface area contributed by atoms with Gasteiger partial charge < -0.3 is 18.9 Å². The molecular formula is C27H43BN6O-. The van der Waals surface area contributed by atoms with Crippen molar-refractivity contribution in [3.8, 4) is 0 Å². The van der Waals surface area contributed by atoms with Crippen molar-refractivity contribution in [1.29, 1.82) is 0 Å². The minimum absolute atomic E-state index is 0.218. The molecule has 0 saturated heterocycles. The molecule has 35 heavy (non-hydrogen) atoms. The fraction of sp³-hybridized carbons (Fsp3) is 0.593. The second-order valence-corrected chi connectivity index (χ2v) is 11.2. The van der Waals surface area contributed by atoms with Gasteiger partial charge in [-0.3, -0.25) is 0 Å². The largest absolute Gasteiger partial charge is 0.515 e. The van der Waals surface area contributed by atoms with Gasteiger partial charge in [-0.2, -0.15) is 0 Å². The van der Waals surface area contributed by atoms with Gasteiger partial charge in [-0.05, 0) is 71.8 Å². The van der Waals surface area contributed by atoms with Crippen LogP contribution in [0.2, 0.25) is 0 Å². The smallest absolute Gasteiger partial charge is 0.261 e. The van der Waals surface area contributed by atoms with Crippen LogP contribution in [0.3, 0.4) is 0 Å². The number of rotatable bonds is 9. The lowest BCUT2D eigenvalue weighted by molar-refractivity contribution is 0.475. The Morgan fingerprint density at radius 1 is 0.657 bits per heavy atom. The minimum atomic E-state index is -0.401. The number of aromatic nitrogens is 6. The van der Waals surface area contributed by atoms with Crippen LogP contribution in [0.15, 0.2) is 24.5 Å². The molecule has 0 bridgehead atoms. The van der Waals surface area contributed by atoms with Crippen molar-refractivity contribution < 1.29 is 5.11 Å². The molecule has 0 atom stereocenters. The van der Waals surface area contributed by atoms with Crippen LogP contribution >= 0.6 is 0 Å². The Morgan fingerprint density at radius 3 is 1.37 bits per heavy atom. The summed E-state index contributed by atoms with van der Waals surface area (Å²) in [6.45, 7) is 23.8. The van der Waals surface area contributed by atoms with Gasteiger partial charge in [0, 0.05) is 5.57 Å². The van der Waals surface area contributed by atoms with Gasteiger partial charge in [0.05, 0.1) is 23.3 Å². The molecule has 0 unspecified atom stereocenters. The monoisotopic (exact) mass is 478 g/mol. The van der Waals surface area contributed by atoms with Crippen molar-refractivity contribution in [3.05, 3.63) is 58.6 Å². The molecule has 3 heterocycles. The summed E-state index contributed by atoms with van der Waals surface area (Å²) < 4.78 is 6.28. The highest BCUT2D eigenvalue weighted by Gasteiger charge is 2.25. The van der Waals surface area contributed by atoms with Crippen molar-refractivity contribution in [2.24, 2.45) is 0 Å². The third-order valence-electron chi connectivity index (χ3n) is 6.54. The first-order chi connectivity index (χ1) is 16.4. The molecule has 0 aliphatic heterocycles. The second kappa shape index (κ2) is 10.5. The molecule has 0 saturated carbocycles. The lowest BCUT2D eigenvalue weighted by atomic mass is 9.89. The number of aliphatic hydroxyl groups excluding tert-OH is 1. The Labute approximate surface area is 211 Å². The molecule has 3 aromatic rings. The zero-order chi connectivity index (χ0) is 26.2. The molecule has 0 spiro atoms. The average Bonchev–Trinajstić information content (AvgIpc) is 3.51. The van der Waals surface area contributed by atoms with E-state index in [4.69, 9.17) is 15.3 Å². The molecule has 0 aliphatic rings. The average molecular weight is 478 g/mol. The summed E-state index contributed by atoms with van der Waals surface area (Å²) in [6, 6.07) is 6.52. The molecule has 1 N–H and O–H groups in total. The van der Waals surface area contributed by atoms with Crippen LogP contribution in [0.25, 0.3) is 5.57 Å². The van der Waals surface area contributed by atoms with Crippen LogP contribution in [-0.4, -0.2) is 41.3 Å². The van der Waals surface area contributed by atoms with Gasteiger partial charge in [0.2, 0.25) is 0 Å². The van der Waals surface area contributed by atoms with E-state index in [2.05, 4.69) is 101 Å². The molecule has 7 nitrogen and oxygen atoms in total. The van der Waals surface area contributed by atoms with E-state index in [0.29, 0.717) is 11.8 Å². The predicted octanol–water partition coefficient (Wildman–Crippen LogP) is 6.74. The maximum absolute atomic E-state index is 9.72. The summed E-state index contributed by atoms with van der Waals surface area (Å²) in [6.07, 6.45) is 1.13. The van der Waals surface area contributed by atoms with Crippen LogP contribution < -0.4 is 0 Å². The Hall–Kier alpha value is -2.77. The first kappa shape index (κ1) is 26.8. The van der Waals surface area contributed by atoms with Gasteiger partial charge in [0.15, 0.2) is 0 Å². The zero-order valence-electron chi connectivity index (χ0n) is 23.4. The van der Waals surface area contributed by atoms with E-state index in [9.17, 15) is 5.11 Å². The molecule has 1 radical (unpaired) electrons. The van der Waals surface area contributed by atoms with Crippen LogP contribution in [0, 0.1) is 0 Å². The summed E-state index contributed by atoms with van der Waals surface area (Å²) in [5, 5.41) is 25.0. The van der Waals surface area contributed by atoms with Crippen molar-refractivity contribution >= 4 is 12.7 Å². The molecule has 3 rings (SSSR count). The summed E-state index contributed by atoms with van der Waals surface area (Å²) in [5.41, 5.74) is 6.97. The predicted molar refractivity (Wildman–Crippen MR) is 145 cm³/mol. The number of aliphatic hydroxyl groups is 1. The van der Waals surface area contributed by atoms with Crippen molar-refractivity contribution in [2.75, 3.05) is 0 Å². The summed E-state index contributed by atoms with van der Waals surface area (Å²) in [5.74, 6) is 1.38. The summed E-state index contributed by atoms with van der Waals surface area (Å²) in [4.78, 5) is 0. The second-order valence-electron chi connectivity index (χ2n) is 11.2. The molecule has 8 heteroatoms. The first-order valence-corrected chi connectivity index (χ1v) is 13.0. The summed E-state index contributed by atoms with van der Waals surface area (Å²) in [7, 11) is -0.401. The van der Waals surface area contributed by atoms with Gasteiger partial charge in [-0.25, -0.2) is 15.3 Å². The van der Waals surface area contributed by atoms with E-state index in [1.165, 1.54) is 0 Å². The molecule has 3 aromatic heterocycles. The van der Waals surface area contributed by atoms with E-state index < -0.39 is 7.12 Å². The van der Waals surface area contributed by atoms with E-state index >= 15 is 0 Å². The number of hydrogen-bond donors (Lipinski definition) is 1. The lowest BCUT2D eigenvalue weighted by Crippen LogP contribution is -2.47. The van der Waals surface area contributed by atoms with Crippen LogP contribution in [0.1, 0.15) is 140 Å². The highest BCUT2D eigenvalue weighted by molar-refractivity contribution is 6.53. The minimum Gasteiger partial charge on any atom is -0.515 e. The van der Waals surface area contributed by atoms with Crippen LogP contribution in [0.4, 0.5) is 0 Å². The highest BCUT2D eigenvalue weighted by Crippen LogP contribution is 2.28. The van der Waals surface area contributed by atoms with Crippen LogP contribution in [-0.2, 0) is 0 Å². The van der Waals surface area contributed by atoms with E-state index in [1.807, 2.05) is 6.92 Å². The van der Waals surface area contributed by atoms with Gasteiger partial charge >= 0.3 is 0 Å². The molecule has 0 fully saturated rings. The molecule has 0 amide bonds. The van der Waals surface area contributed by atoms with Crippen molar-refractivity contribution in [2.45, 2.75) is 106 Å². The number of allylic oxidation sites excluding steroid dienone is 1. The first-order valence-electron chi connectivity index (χ1n) is 13.0. The van der Waals surface area contributed by atoms with Gasteiger partial charge in [-0.1, -0.05) is 69.2 Å². The van der Waals surface area contributed by atoms with Gasteiger partial charge in [0.25, 0.3) is 7.12 Å². The maximum Gasteiger partial charge on any atom is 0.261 e.